The third-order valence-electron chi connectivity index (χ3n) is 2.77. The standard InChI is InChI=1S/C11H17NO3/c1-2-4-10(8-12(14)15)9-5-3-6-11(13)7-9/h7,10H,2-6,8H2,1H3. The fourth-order valence-electron chi connectivity index (χ4n) is 2.06. The number of ketones is 1. The van der Waals surface area contributed by atoms with Crippen LogP contribution in [0.15, 0.2) is 11.6 Å². The smallest absolute Gasteiger partial charge is 0.210 e. The van der Waals surface area contributed by atoms with Crippen molar-refractivity contribution in [3.8, 4) is 0 Å². The minimum atomic E-state index is -0.278. The number of carbonyl (C=O) groups excluding carboxylic acids is 1. The fourth-order valence-corrected chi connectivity index (χ4v) is 2.06. The van der Waals surface area contributed by atoms with Crippen molar-refractivity contribution in [2.45, 2.75) is 39.0 Å². The quantitative estimate of drug-likeness (QED) is 0.518. The molecule has 1 aliphatic rings. The maximum absolute atomic E-state index is 11.2. The van der Waals surface area contributed by atoms with Gasteiger partial charge in [-0.1, -0.05) is 18.9 Å². The molecule has 1 atom stereocenters. The lowest BCUT2D eigenvalue weighted by atomic mass is 9.86. The van der Waals surface area contributed by atoms with Crippen LogP contribution in [0.5, 0.6) is 0 Å². The summed E-state index contributed by atoms with van der Waals surface area (Å²) in [6.45, 7) is 1.98. The molecule has 15 heavy (non-hydrogen) atoms. The summed E-state index contributed by atoms with van der Waals surface area (Å²) in [6.07, 6.45) is 5.66. The Bertz CT molecular complexity index is 284. The van der Waals surface area contributed by atoms with Gasteiger partial charge < -0.3 is 0 Å². The Kier molecular flexibility index (Phi) is 4.46. The zero-order valence-corrected chi connectivity index (χ0v) is 9.07. The SMILES string of the molecule is CCCC(C[N+](=O)[O-])C1=CC(=O)CCC1. The maximum Gasteiger partial charge on any atom is 0.210 e. The highest BCUT2D eigenvalue weighted by molar-refractivity contribution is 5.91. The molecular weight excluding hydrogens is 194 g/mol. The molecule has 4 heteroatoms. The number of nitro groups is 1. The zero-order chi connectivity index (χ0) is 11.3. The molecule has 4 nitrogen and oxygen atoms in total. The Balaban J connectivity index is 2.69. The second-order valence-corrected chi connectivity index (χ2v) is 4.04. The minimum Gasteiger partial charge on any atom is -0.295 e. The molecule has 1 aliphatic carbocycles. The highest BCUT2D eigenvalue weighted by atomic mass is 16.6. The lowest BCUT2D eigenvalue weighted by Gasteiger charge is -2.18. The first-order valence-corrected chi connectivity index (χ1v) is 5.48. The van der Waals surface area contributed by atoms with Crippen molar-refractivity contribution in [1.82, 2.24) is 0 Å². The average molecular weight is 211 g/mol. The summed E-state index contributed by atoms with van der Waals surface area (Å²) in [5.41, 5.74) is 0.991. The van der Waals surface area contributed by atoms with Crippen LogP contribution in [0.2, 0.25) is 0 Å². The van der Waals surface area contributed by atoms with Crippen LogP contribution in [-0.2, 0) is 4.79 Å². The van der Waals surface area contributed by atoms with Crippen LogP contribution in [0.4, 0.5) is 0 Å². The summed E-state index contributed by atoms with van der Waals surface area (Å²) in [4.78, 5) is 21.4. The normalized spacial score (nSPS) is 18.5. The lowest BCUT2D eigenvalue weighted by molar-refractivity contribution is -0.486. The summed E-state index contributed by atoms with van der Waals surface area (Å²) in [7, 11) is 0. The Morgan fingerprint density at radius 3 is 2.80 bits per heavy atom. The van der Waals surface area contributed by atoms with E-state index >= 15 is 0 Å². The minimum absolute atomic E-state index is 0.0331. The molecule has 0 saturated heterocycles. The monoisotopic (exact) mass is 211 g/mol. The number of carbonyl (C=O) groups is 1. The predicted octanol–water partition coefficient (Wildman–Crippen LogP) is 2.36. The largest absolute Gasteiger partial charge is 0.295 e. The van der Waals surface area contributed by atoms with Crippen LogP contribution in [0.1, 0.15) is 39.0 Å². The van der Waals surface area contributed by atoms with Crippen molar-refractivity contribution in [2.75, 3.05) is 6.54 Å². The van der Waals surface area contributed by atoms with Gasteiger partial charge in [-0.25, -0.2) is 0 Å². The number of nitrogens with zero attached hydrogens (tertiary/aromatic N) is 1. The van der Waals surface area contributed by atoms with Gasteiger partial charge in [0.1, 0.15) is 0 Å². The average Bonchev–Trinajstić information content (AvgIpc) is 2.16. The molecule has 84 valence electrons. The predicted molar refractivity (Wildman–Crippen MR) is 57.2 cm³/mol. The molecule has 0 aliphatic heterocycles. The number of rotatable bonds is 5. The Morgan fingerprint density at radius 1 is 1.53 bits per heavy atom. The molecule has 0 N–H and O–H groups in total. The van der Waals surface area contributed by atoms with E-state index in [4.69, 9.17) is 0 Å². The molecule has 0 aromatic carbocycles. The zero-order valence-electron chi connectivity index (χ0n) is 9.07. The summed E-state index contributed by atoms with van der Waals surface area (Å²) in [6, 6.07) is 0. The van der Waals surface area contributed by atoms with E-state index in [0.717, 1.165) is 31.3 Å². The van der Waals surface area contributed by atoms with Crippen molar-refractivity contribution in [3.63, 3.8) is 0 Å². The molecule has 0 aromatic heterocycles. The van der Waals surface area contributed by atoms with Crippen molar-refractivity contribution in [2.24, 2.45) is 5.92 Å². The molecule has 1 rings (SSSR count). The third kappa shape index (κ3) is 3.81. The first-order chi connectivity index (χ1) is 7.13. The van der Waals surface area contributed by atoms with Gasteiger partial charge in [0, 0.05) is 17.3 Å². The first kappa shape index (κ1) is 11.9. The molecule has 0 aromatic rings. The van der Waals surface area contributed by atoms with Gasteiger partial charge in [0.2, 0.25) is 6.54 Å². The van der Waals surface area contributed by atoms with Gasteiger partial charge >= 0.3 is 0 Å². The van der Waals surface area contributed by atoms with Crippen molar-refractivity contribution in [3.05, 3.63) is 21.8 Å². The lowest BCUT2D eigenvalue weighted by Crippen LogP contribution is -2.19. The van der Waals surface area contributed by atoms with E-state index in [0.29, 0.717) is 6.42 Å². The summed E-state index contributed by atoms with van der Waals surface area (Å²) in [5.74, 6) is 0.0925. The summed E-state index contributed by atoms with van der Waals surface area (Å²) >= 11 is 0. The summed E-state index contributed by atoms with van der Waals surface area (Å²) in [5, 5.41) is 10.5. The van der Waals surface area contributed by atoms with Gasteiger partial charge in [-0.2, -0.15) is 0 Å². The van der Waals surface area contributed by atoms with Crippen LogP contribution in [-0.4, -0.2) is 17.3 Å². The van der Waals surface area contributed by atoms with E-state index < -0.39 is 0 Å². The molecule has 0 radical (unpaired) electrons. The van der Waals surface area contributed by atoms with E-state index in [1.54, 1.807) is 6.08 Å². The van der Waals surface area contributed by atoms with E-state index in [1.807, 2.05) is 6.92 Å². The third-order valence-corrected chi connectivity index (χ3v) is 2.77. The Labute approximate surface area is 89.5 Å². The van der Waals surface area contributed by atoms with Crippen molar-refractivity contribution in [1.29, 1.82) is 0 Å². The van der Waals surface area contributed by atoms with E-state index in [2.05, 4.69) is 0 Å². The Morgan fingerprint density at radius 2 is 2.27 bits per heavy atom. The van der Waals surface area contributed by atoms with Crippen LogP contribution >= 0.6 is 0 Å². The molecule has 0 amide bonds. The summed E-state index contributed by atoms with van der Waals surface area (Å²) < 4.78 is 0. The van der Waals surface area contributed by atoms with Crippen LogP contribution in [0, 0.1) is 16.0 Å². The van der Waals surface area contributed by atoms with Crippen molar-refractivity contribution < 1.29 is 9.72 Å². The fraction of sp³-hybridized carbons (Fsp3) is 0.727. The molecule has 0 saturated carbocycles. The van der Waals surface area contributed by atoms with Gasteiger partial charge in [0.05, 0.1) is 0 Å². The van der Waals surface area contributed by atoms with E-state index in [9.17, 15) is 14.9 Å². The van der Waals surface area contributed by atoms with Crippen LogP contribution in [0.3, 0.4) is 0 Å². The van der Waals surface area contributed by atoms with E-state index in [1.165, 1.54) is 0 Å². The Hall–Kier alpha value is -1.19. The highest BCUT2D eigenvalue weighted by Crippen LogP contribution is 2.26. The highest BCUT2D eigenvalue weighted by Gasteiger charge is 2.22. The molecule has 1 unspecified atom stereocenters. The van der Waals surface area contributed by atoms with Gasteiger partial charge in [0.25, 0.3) is 0 Å². The number of hydrogen-bond acceptors (Lipinski definition) is 3. The van der Waals surface area contributed by atoms with Crippen molar-refractivity contribution >= 4 is 5.78 Å². The topological polar surface area (TPSA) is 60.2 Å². The molecule has 0 bridgehead atoms. The molecular formula is C11H17NO3. The first-order valence-electron chi connectivity index (χ1n) is 5.48. The van der Waals surface area contributed by atoms with Gasteiger partial charge in [-0.3, -0.25) is 14.9 Å². The van der Waals surface area contributed by atoms with Gasteiger partial charge in [-0.05, 0) is 25.3 Å². The second kappa shape index (κ2) is 5.63. The van der Waals surface area contributed by atoms with Gasteiger partial charge in [0.15, 0.2) is 5.78 Å². The molecule has 0 spiro atoms. The van der Waals surface area contributed by atoms with Crippen LogP contribution in [0.25, 0.3) is 0 Å². The molecule has 0 fully saturated rings. The van der Waals surface area contributed by atoms with Gasteiger partial charge in [-0.15, -0.1) is 0 Å². The second-order valence-electron chi connectivity index (χ2n) is 4.04. The molecule has 0 heterocycles. The maximum atomic E-state index is 11.2. The van der Waals surface area contributed by atoms with Crippen LogP contribution < -0.4 is 0 Å². The van der Waals surface area contributed by atoms with E-state index in [-0.39, 0.29) is 23.2 Å². The number of allylic oxidation sites excluding steroid dienone is 1. The number of hydrogen-bond donors (Lipinski definition) is 0.